The van der Waals surface area contributed by atoms with Gasteiger partial charge in [-0.05, 0) is 37.3 Å². The van der Waals surface area contributed by atoms with Crippen molar-refractivity contribution in [3.05, 3.63) is 34.3 Å². The molecule has 2 N–H and O–H groups in total. The number of nitrogens with zero attached hydrogens (tertiary/aromatic N) is 1. The molecule has 116 valence electrons. The second kappa shape index (κ2) is 6.78. The Hall–Kier alpha value is -0.420. The van der Waals surface area contributed by atoms with Gasteiger partial charge in [-0.15, -0.1) is 0 Å². The predicted octanol–water partition coefficient (Wildman–Crippen LogP) is 3.48. The number of halogens is 1. The molecule has 0 aromatic heterocycles. The Labute approximate surface area is 136 Å². The molecule has 1 aliphatic heterocycles. The van der Waals surface area contributed by atoms with Crippen LogP contribution < -0.4 is 5.73 Å². The van der Waals surface area contributed by atoms with Gasteiger partial charge in [-0.25, -0.2) is 0 Å². The van der Waals surface area contributed by atoms with Gasteiger partial charge in [0.15, 0.2) is 0 Å². The lowest BCUT2D eigenvalue weighted by Gasteiger charge is -2.45. The van der Waals surface area contributed by atoms with Gasteiger partial charge in [-0.3, -0.25) is 4.90 Å². The largest absolute Gasteiger partial charge is 0.375 e. The molecule has 1 aromatic rings. The second-order valence-electron chi connectivity index (χ2n) is 6.18. The van der Waals surface area contributed by atoms with Gasteiger partial charge in [-0.2, -0.15) is 0 Å². The lowest BCUT2D eigenvalue weighted by molar-refractivity contribution is -0.0763. The molecule has 4 heteroatoms. The first-order chi connectivity index (χ1) is 10.2. The van der Waals surface area contributed by atoms with Gasteiger partial charge in [0.2, 0.25) is 0 Å². The Balaban J connectivity index is 1.94. The number of hydrogen-bond donors (Lipinski definition) is 1. The molecule has 3 rings (SSSR count). The highest BCUT2D eigenvalue weighted by Gasteiger charge is 2.41. The van der Waals surface area contributed by atoms with Crippen molar-refractivity contribution in [2.24, 2.45) is 5.73 Å². The van der Waals surface area contributed by atoms with Gasteiger partial charge in [-0.1, -0.05) is 41.1 Å². The highest BCUT2D eigenvalue weighted by atomic mass is 79.9. The zero-order chi connectivity index (χ0) is 14.8. The summed E-state index contributed by atoms with van der Waals surface area (Å²) in [5, 5.41) is 0. The fourth-order valence-corrected chi connectivity index (χ4v) is 4.41. The smallest absolute Gasteiger partial charge is 0.0731 e. The topological polar surface area (TPSA) is 38.5 Å². The van der Waals surface area contributed by atoms with Crippen molar-refractivity contribution in [1.29, 1.82) is 0 Å². The lowest BCUT2D eigenvalue weighted by atomic mass is 9.93. The summed E-state index contributed by atoms with van der Waals surface area (Å²) >= 11 is 3.72. The van der Waals surface area contributed by atoms with Crippen molar-refractivity contribution >= 4 is 15.9 Å². The van der Waals surface area contributed by atoms with Crippen LogP contribution in [0.4, 0.5) is 0 Å². The number of hydrogen-bond acceptors (Lipinski definition) is 3. The van der Waals surface area contributed by atoms with Crippen LogP contribution in [0.15, 0.2) is 28.7 Å². The van der Waals surface area contributed by atoms with Crippen LogP contribution in [-0.4, -0.2) is 36.2 Å². The first kappa shape index (κ1) is 15.5. The second-order valence-corrected chi connectivity index (χ2v) is 7.04. The van der Waals surface area contributed by atoms with Crippen molar-refractivity contribution < 1.29 is 4.74 Å². The number of morpholine rings is 1. The summed E-state index contributed by atoms with van der Waals surface area (Å²) in [7, 11) is 0. The van der Waals surface area contributed by atoms with E-state index in [1.165, 1.54) is 29.3 Å². The maximum absolute atomic E-state index is 6.53. The molecule has 2 aliphatic rings. The van der Waals surface area contributed by atoms with Crippen LogP contribution in [0.1, 0.15) is 44.2 Å². The van der Waals surface area contributed by atoms with E-state index < -0.39 is 0 Å². The van der Waals surface area contributed by atoms with E-state index in [1.54, 1.807) is 0 Å². The molecule has 4 atom stereocenters. The minimum Gasteiger partial charge on any atom is -0.375 e. The van der Waals surface area contributed by atoms with Crippen LogP contribution in [0.3, 0.4) is 0 Å². The zero-order valence-electron chi connectivity index (χ0n) is 12.7. The fraction of sp³-hybridized carbons (Fsp3) is 0.647. The maximum Gasteiger partial charge on any atom is 0.0731 e. The summed E-state index contributed by atoms with van der Waals surface area (Å²) in [6.45, 7) is 4.00. The molecule has 4 unspecified atom stereocenters. The van der Waals surface area contributed by atoms with E-state index in [0.29, 0.717) is 12.1 Å². The van der Waals surface area contributed by atoms with E-state index in [2.05, 4.69) is 52.0 Å². The molecule has 1 saturated carbocycles. The highest BCUT2D eigenvalue weighted by Crippen LogP contribution is 2.38. The summed E-state index contributed by atoms with van der Waals surface area (Å²) in [5.74, 6) is 0. The zero-order valence-corrected chi connectivity index (χ0v) is 14.3. The summed E-state index contributed by atoms with van der Waals surface area (Å²) in [4.78, 5) is 2.62. The number of fused-ring (bicyclic) bond motifs is 1. The van der Waals surface area contributed by atoms with Crippen molar-refractivity contribution in [3.63, 3.8) is 0 Å². The lowest BCUT2D eigenvalue weighted by Crippen LogP contribution is -2.53. The van der Waals surface area contributed by atoms with Gasteiger partial charge < -0.3 is 10.5 Å². The van der Waals surface area contributed by atoms with Crippen LogP contribution in [0.2, 0.25) is 0 Å². The highest BCUT2D eigenvalue weighted by molar-refractivity contribution is 9.10. The molecule has 1 aromatic carbocycles. The predicted molar refractivity (Wildman–Crippen MR) is 89.2 cm³/mol. The molecule has 0 bridgehead atoms. The molecule has 1 aliphatic carbocycles. The Bertz CT molecular complexity index is 482. The van der Waals surface area contributed by atoms with E-state index >= 15 is 0 Å². The molecule has 0 amide bonds. The molecule has 0 radical (unpaired) electrons. The van der Waals surface area contributed by atoms with Crippen LogP contribution in [-0.2, 0) is 4.74 Å². The minimum absolute atomic E-state index is 0.156. The third-order valence-electron chi connectivity index (χ3n) is 4.98. The Morgan fingerprint density at radius 1 is 1.38 bits per heavy atom. The molecule has 3 nitrogen and oxygen atoms in total. The number of rotatable bonds is 4. The number of nitrogens with two attached hydrogens (primary N) is 1. The Morgan fingerprint density at radius 3 is 2.95 bits per heavy atom. The molecule has 1 saturated heterocycles. The molecular formula is C17H25BrN2O. The summed E-state index contributed by atoms with van der Waals surface area (Å²) in [6.07, 6.45) is 5.11. The average Bonchev–Trinajstić information content (AvgIpc) is 2.98. The Morgan fingerprint density at radius 2 is 2.19 bits per heavy atom. The van der Waals surface area contributed by atoms with Gasteiger partial charge in [0.05, 0.1) is 18.8 Å². The van der Waals surface area contributed by atoms with Crippen LogP contribution in [0.5, 0.6) is 0 Å². The molecule has 1 heterocycles. The molecule has 21 heavy (non-hydrogen) atoms. The van der Waals surface area contributed by atoms with Crippen LogP contribution in [0, 0.1) is 0 Å². The van der Waals surface area contributed by atoms with Crippen molar-refractivity contribution in [3.8, 4) is 0 Å². The fourth-order valence-electron chi connectivity index (χ4n) is 3.89. The minimum atomic E-state index is 0.156. The molecule has 0 spiro atoms. The van der Waals surface area contributed by atoms with Crippen molar-refractivity contribution in [1.82, 2.24) is 4.90 Å². The normalized spacial score (nSPS) is 29.1. The number of benzene rings is 1. The van der Waals surface area contributed by atoms with E-state index in [0.717, 1.165) is 19.6 Å². The van der Waals surface area contributed by atoms with Crippen LogP contribution >= 0.6 is 15.9 Å². The first-order valence-electron chi connectivity index (χ1n) is 8.09. The molecular weight excluding hydrogens is 328 g/mol. The van der Waals surface area contributed by atoms with Gasteiger partial charge in [0.25, 0.3) is 0 Å². The molecule has 2 fully saturated rings. The standard InChI is InChI=1S/C17H25BrN2O/c1-2-14(19)17(12-6-3-4-7-13(12)18)20-10-11-21-16-9-5-8-15(16)20/h3-4,6-7,14-17H,2,5,8-11,19H2,1H3. The SMILES string of the molecule is CCC(N)C(c1ccccc1Br)N1CCOC2CCCC21. The van der Waals surface area contributed by atoms with E-state index in [1.807, 2.05) is 0 Å². The van der Waals surface area contributed by atoms with E-state index in [-0.39, 0.29) is 12.1 Å². The first-order valence-corrected chi connectivity index (χ1v) is 8.89. The van der Waals surface area contributed by atoms with Gasteiger partial charge in [0.1, 0.15) is 0 Å². The monoisotopic (exact) mass is 352 g/mol. The van der Waals surface area contributed by atoms with Crippen molar-refractivity contribution in [2.75, 3.05) is 13.2 Å². The maximum atomic E-state index is 6.53. The Kier molecular flexibility index (Phi) is 4.99. The summed E-state index contributed by atoms with van der Waals surface area (Å²) < 4.78 is 7.13. The van der Waals surface area contributed by atoms with Gasteiger partial charge in [0, 0.05) is 23.1 Å². The summed E-state index contributed by atoms with van der Waals surface area (Å²) in [6, 6.07) is 9.49. The summed E-state index contributed by atoms with van der Waals surface area (Å²) in [5.41, 5.74) is 7.85. The average molecular weight is 353 g/mol. The van der Waals surface area contributed by atoms with Gasteiger partial charge >= 0.3 is 0 Å². The number of ether oxygens (including phenoxy) is 1. The third kappa shape index (κ3) is 3.04. The quantitative estimate of drug-likeness (QED) is 0.901. The third-order valence-corrected chi connectivity index (χ3v) is 5.71. The van der Waals surface area contributed by atoms with E-state index in [9.17, 15) is 0 Å². The van der Waals surface area contributed by atoms with E-state index in [4.69, 9.17) is 10.5 Å². The van der Waals surface area contributed by atoms with Crippen LogP contribution in [0.25, 0.3) is 0 Å². The van der Waals surface area contributed by atoms with Crippen molar-refractivity contribution in [2.45, 2.75) is 56.8 Å².